The smallest absolute Gasteiger partial charge is 0.0730 e. The molecule has 2 atom stereocenters. The van der Waals surface area contributed by atoms with E-state index in [4.69, 9.17) is 10.5 Å². The molecule has 2 heteroatoms. The number of rotatable bonds is 3. The lowest BCUT2D eigenvalue weighted by atomic mass is 10.2. The Morgan fingerprint density at radius 3 is 2.64 bits per heavy atom. The summed E-state index contributed by atoms with van der Waals surface area (Å²) in [4.78, 5) is 0. The minimum atomic E-state index is 0.249. The van der Waals surface area contributed by atoms with Crippen molar-refractivity contribution < 1.29 is 4.74 Å². The lowest BCUT2D eigenvalue weighted by Crippen LogP contribution is -2.31. The number of ether oxygens (including phenoxy) is 1. The predicted octanol–water partition coefficient (Wildman–Crippen LogP) is 2.08. The molecule has 1 aliphatic rings. The molecular weight excluding hydrogens is 174 g/mol. The van der Waals surface area contributed by atoms with Crippen molar-refractivity contribution >= 4 is 0 Å². The van der Waals surface area contributed by atoms with E-state index in [2.05, 4.69) is 12.1 Å². The van der Waals surface area contributed by atoms with Crippen LogP contribution in [0.1, 0.15) is 24.8 Å². The summed E-state index contributed by atoms with van der Waals surface area (Å²) in [5, 5.41) is 0. The van der Waals surface area contributed by atoms with E-state index in [0.717, 1.165) is 12.8 Å². The van der Waals surface area contributed by atoms with E-state index >= 15 is 0 Å². The van der Waals surface area contributed by atoms with E-state index in [-0.39, 0.29) is 12.1 Å². The Balaban J connectivity index is 1.82. The maximum absolute atomic E-state index is 5.92. The molecule has 2 unspecified atom stereocenters. The van der Waals surface area contributed by atoms with Crippen LogP contribution in [-0.4, -0.2) is 12.1 Å². The highest BCUT2D eigenvalue weighted by Gasteiger charge is 2.24. The summed E-state index contributed by atoms with van der Waals surface area (Å²) in [5.41, 5.74) is 7.15. The Kier molecular flexibility index (Phi) is 3.17. The maximum Gasteiger partial charge on any atom is 0.0730 e. The van der Waals surface area contributed by atoms with Gasteiger partial charge in [-0.1, -0.05) is 30.3 Å². The van der Waals surface area contributed by atoms with Gasteiger partial charge in [0.15, 0.2) is 0 Å². The molecule has 2 rings (SSSR count). The molecule has 0 amide bonds. The van der Waals surface area contributed by atoms with E-state index in [0.29, 0.717) is 6.61 Å². The molecule has 1 fully saturated rings. The summed E-state index contributed by atoms with van der Waals surface area (Å²) in [7, 11) is 0. The van der Waals surface area contributed by atoms with Crippen LogP contribution in [0.4, 0.5) is 0 Å². The number of hydrogen-bond acceptors (Lipinski definition) is 2. The second-order valence-electron chi connectivity index (χ2n) is 3.93. The van der Waals surface area contributed by atoms with Gasteiger partial charge in [-0.25, -0.2) is 0 Å². The highest BCUT2D eigenvalue weighted by molar-refractivity contribution is 5.13. The second kappa shape index (κ2) is 4.58. The largest absolute Gasteiger partial charge is 0.372 e. The summed E-state index contributed by atoms with van der Waals surface area (Å²) in [6, 6.07) is 10.5. The summed E-state index contributed by atoms with van der Waals surface area (Å²) in [6.07, 6.45) is 3.71. The first kappa shape index (κ1) is 9.69. The van der Waals surface area contributed by atoms with Gasteiger partial charge in [-0.05, 0) is 24.8 Å². The van der Waals surface area contributed by atoms with E-state index in [1.807, 2.05) is 18.2 Å². The van der Waals surface area contributed by atoms with Gasteiger partial charge in [0.05, 0.1) is 12.7 Å². The first-order chi connectivity index (χ1) is 6.86. The van der Waals surface area contributed by atoms with Crippen molar-refractivity contribution in [2.75, 3.05) is 0 Å². The highest BCUT2D eigenvalue weighted by atomic mass is 16.5. The van der Waals surface area contributed by atoms with Crippen molar-refractivity contribution in [3.05, 3.63) is 35.9 Å². The van der Waals surface area contributed by atoms with Crippen LogP contribution in [0.25, 0.3) is 0 Å². The van der Waals surface area contributed by atoms with Crippen LogP contribution < -0.4 is 5.73 Å². The van der Waals surface area contributed by atoms with E-state index in [1.54, 1.807) is 0 Å². The Morgan fingerprint density at radius 1 is 1.21 bits per heavy atom. The van der Waals surface area contributed by atoms with E-state index < -0.39 is 0 Å². The van der Waals surface area contributed by atoms with Gasteiger partial charge < -0.3 is 10.5 Å². The third-order valence-corrected chi connectivity index (χ3v) is 2.81. The van der Waals surface area contributed by atoms with Crippen LogP contribution in [-0.2, 0) is 11.3 Å². The molecule has 76 valence electrons. The molecule has 1 saturated carbocycles. The van der Waals surface area contributed by atoms with Gasteiger partial charge in [0.2, 0.25) is 0 Å². The zero-order valence-corrected chi connectivity index (χ0v) is 8.36. The molecule has 0 saturated heterocycles. The molecule has 1 aliphatic carbocycles. The predicted molar refractivity (Wildman–Crippen MR) is 56.8 cm³/mol. The fourth-order valence-electron chi connectivity index (χ4n) is 1.94. The molecule has 2 nitrogen and oxygen atoms in total. The molecule has 0 aromatic heterocycles. The standard InChI is InChI=1S/C12H17NO/c13-11-7-4-8-12(11)14-9-10-5-2-1-3-6-10/h1-3,5-6,11-12H,4,7-9,13H2. The maximum atomic E-state index is 5.92. The molecule has 1 aromatic rings. The van der Waals surface area contributed by atoms with Gasteiger partial charge >= 0.3 is 0 Å². The Labute approximate surface area is 85.1 Å². The lowest BCUT2D eigenvalue weighted by Gasteiger charge is -2.16. The van der Waals surface area contributed by atoms with Crippen LogP contribution in [0.2, 0.25) is 0 Å². The average Bonchev–Trinajstić information content (AvgIpc) is 2.63. The normalized spacial score (nSPS) is 26.6. The molecule has 14 heavy (non-hydrogen) atoms. The first-order valence-electron chi connectivity index (χ1n) is 5.27. The Bertz CT molecular complexity index is 273. The molecule has 2 N–H and O–H groups in total. The van der Waals surface area contributed by atoms with Gasteiger partial charge in [-0.3, -0.25) is 0 Å². The average molecular weight is 191 g/mol. The van der Waals surface area contributed by atoms with Crippen LogP contribution in [0.3, 0.4) is 0 Å². The van der Waals surface area contributed by atoms with Crippen molar-refractivity contribution in [2.24, 2.45) is 5.73 Å². The fraction of sp³-hybridized carbons (Fsp3) is 0.500. The number of hydrogen-bond donors (Lipinski definition) is 1. The van der Waals surface area contributed by atoms with Crippen LogP contribution >= 0.6 is 0 Å². The van der Waals surface area contributed by atoms with Crippen molar-refractivity contribution in [3.8, 4) is 0 Å². The van der Waals surface area contributed by atoms with Gasteiger partial charge in [0.1, 0.15) is 0 Å². The van der Waals surface area contributed by atoms with Gasteiger partial charge in [-0.2, -0.15) is 0 Å². The van der Waals surface area contributed by atoms with Crippen molar-refractivity contribution in [3.63, 3.8) is 0 Å². The monoisotopic (exact) mass is 191 g/mol. The summed E-state index contributed by atoms with van der Waals surface area (Å²) in [6.45, 7) is 0.694. The number of benzene rings is 1. The molecule has 0 aliphatic heterocycles. The fourth-order valence-corrected chi connectivity index (χ4v) is 1.94. The molecule has 0 radical (unpaired) electrons. The third-order valence-electron chi connectivity index (χ3n) is 2.81. The quantitative estimate of drug-likeness (QED) is 0.794. The molecule has 1 aromatic carbocycles. The minimum absolute atomic E-state index is 0.249. The van der Waals surface area contributed by atoms with Gasteiger partial charge in [0.25, 0.3) is 0 Å². The van der Waals surface area contributed by atoms with Crippen molar-refractivity contribution in [2.45, 2.75) is 38.0 Å². The summed E-state index contributed by atoms with van der Waals surface area (Å²) in [5.74, 6) is 0. The highest BCUT2D eigenvalue weighted by Crippen LogP contribution is 2.21. The van der Waals surface area contributed by atoms with Gasteiger partial charge in [0, 0.05) is 6.04 Å². The molecule has 0 spiro atoms. The second-order valence-corrected chi connectivity index (χ2v) is 3.93. The minimum Gasteiger partial charge on any atom is -0.372 e. The number of nitrogens with two attached hydrogens (primary N) is 1. The molecular formula is C12H17NO. The zero-order valence-electron chi connectivity index (χ0n) is 8.36. The van der Waals surface area contributed by atoms with Crippen LogP contribution in [0, 0.1) is 0 Å². The van der Waals surface area contributed by atoms with Crippen LogP contribution in [0.5, 0.6) is 0 Å². The molecule has 0 heterocycles. The van der Waals surface area contributed by atoms with E-state index in [1.165, 1.54) is 12.0 Å². The summed E-state index contributed by atoms with van der Waals surface area (Å²) < 4.78 is 5.78. The van der Waals surface area contributed by atoms with Gasteiger partial charge in [-0.15, -0.1) is 0 Å². The first-order valence-corrected chi connectivity index (χ1v) is 5.27. The van der Waals surface area contributed by atoms with Crippen molar-refractivity contribution in [1.29, 1.82) is 0 Å². The van der Waals surface area contributed by atoms with Crippen molar-refractivity contribution in [1.82, 2.24) is 0 Å². The topological polar surface area (TPSA) is 35.2 Å². The van der Waals surface area contributed by atoms with Crippen LogP contribution in [0.15, 0.2) is 30.3 Å². The third kappa shape index (κ3) is 2.34. The Morgan fingerprint density at radius 2 is 2.00 bits per heavy atom. The summed E-state index contributed by atoms with van der Waals surface area (Å²) >= 11 is 0. The van der Waals surface area contributed by atoms with E-state index in [9.17, 15) is 0 Å². The lowest BCUT2D eigenvalue weighted by molar-refractivity contribution is 0.0357. The zero-order chi connectivity index (χ0) is 9.80. The Hall–Kier alpha value is -0.860. The molecule has 0 bridgehead atoms. The SMILES string of the molecule is NC1CCCC1OCc1ccccc1.